The minimum absolute atomic E-state index is 0.0549. The van der Waals surface area contributed by atoms with Crippen molar-refractivity contribution in [3.63, 3.8) is 0 Å². The van der Waals surface area contributed by atoms with Crippen LogP contribution in [-0.4, -0.2) is 90.3 Å². The van der Waals surface area contributed by atoms with Crippen LogP contribution >= 0.6 is 0 Å². The van der Waals surface area contributed by atoms with E-state index in [-0.39, 0.29) is 30.9 Å². The summed E-state index contributed by atoms with van der Waals surface area (Å²) in [6.45, 7) is 3.80. The van der Waals surface area contributed by atoms with Crippen molar-refractivity contribution in [1.29, 1.82) is 0 Å². The van der Waals surface area contributed by atoms with Gasteiger partial charge >= 0.3 is 6.03 Å². The SMILES string of the molecule is CN1CC(=O)N(CC(=O)N2CCN(CCc3ccccc3)CC2)C1=O. The van der Waals surface area contributed by atoms with Crippen LogP contribution in [0.25, 0.3) is 0 Å². The van der Waals surface area contributed by atoms with E-state index in [4.69, 9.17) is 0 Å². The zero-order valence-electron chi connectivity index (χ0n) is 14.6. The van der Waals surface area contributed by atoms with Crippen LogP contribution in [0.4, 0.5) is 4.79 Å². The van der Waals surface area contributed by atoms with E-state index >= 15 is 0 Å². The molecule has 3 rings (SSSR count). The van der Waals surface area contributed by atoms with Gasteiger partial charge in [0.15, 0.2) is 0 Å². The lowest BCUT2D eigenvalue weighted by molar-refractivity contribution is -0.137. The minimum Gasteiger partial charge on any atom is -0.339 e. The Morgan fingerprint density at radius 1 is 1.04 bits per heavy atom. The number of nitrogens with zero attached hydrogens (tertiary/aromatic N) is 4. The van der Waals surface area contributed by atoms with Gasteiger partial charge in [-0.15, -0.1) is 0 Å². The van der Waals surface area contributed by atoms with E-state index in [1.807, 2.05) is 18.2 Å². The quantitative estimate of drug-likeness (QED) is 0.719. The van der Waals surface area contributed by atoms with Gasteiger partial charge in [0.05, 0.1) is 0 Å². The predicted molar refractivity (Wildman–Crippen MR) is 92.9 cm³/mol. The predicted octanol–water partition coefficient (Wildman–Crippen LogP) is 0.267. The van der Waals surface area contributed by atoms with Crippen molar-refractivity contribution < 1.29 is 14.4 Å². The molecule has 0 spiro atoms. The summed E-state index contributed by atoms with van der Waals surface area (Å²) in [5.41, 5.74) is 1.32. The highest BCUT2D eigenvalue weighted by Crippen LogP contribution is 2.10. The molecule has 2 aliphatic rings. The van der Waals surface area contributed by atoms with Crippen LogP contribution in [0.15, 0.2) is 30.3 Å². The van der Waals surface area contributed by atoms with Crippen LogP contribution in [-0.2, 0) is 16.0 Å². The molecule has 0 saturated carbocycles. The number of hydrogen-bond acceptors (Lipinski definition) is 4. The molecular weight excluding hydrogens is 320 g/mol. The summed E-state index contributed by atoms with van der Waals surface area (Å²) in [5, 5.41) is 0. The summed E-state index contributed by atoms with van der Waals surface area (Å²) >= 11 is 0. The van der Waals surface area contributed by atoms with Gasteiger partial charge in [-0.2, -0.15) is 0 Å². The van der Waals surface area contributed by atoms with Gasteiger partial charge in [-0.25, -0.2) is 4.79 Å². The highest BCUT2D eigenvalue weighted by Gasteiger charge is 2.36. The van der Waals surface area contributed by atoms with Crippen LogP contribution in [0.5, 0.6) is 0 Å². The molecule has 134 valence electrons. The molecule has 7 nitrogen and oxygen atoms in total. The molecule has 25 heavy (non-hydrogen) atoms. The molecule has 2 fully saturated rings. The molecule has 0 aromatic heterocycles. The Balaban J connectivity index is 1.43. The lowest BCUT2D eigenvalue weighted by Gasteiger charge is -2.35. The van der Waals surface area contributed by atoms with Gasteiger partial charge in [-0.05, 0) is 12.0 Å². The van der Waals surface area contributed by atoms with Gasteiger partial charge in [0.2, 0.25) is 5.91 Å². The maximum atomic E-state index is 12.4. The van der Waals surface area contributed by atoms with Crippen LogP contribution in [0.1, 0.15) is 5.56 Å². The molecule has 4 amide bonds. The molecule has 0 N–H and O–H groups in total. The van der Waals surface area contributed by atoms with E-state index in [9.17, 15) is 14.4 Å². The zero-order chi connectivity index (χ0) is 17.8. The summed E-state index contributed by atoms with van der Waals surface area (Å²) in [4.78, 5) is 42.5. The van der Waals surface area contributed by atoms with Crippen LogP contribution in [0.3, 0.4) is 0 Å². The van der Waals surface area contributed by atoms with Crippen LogP contribution in [0.2, 0.25) is 0 Å². The Morgan fingerprint density at radius 2 is 1.72 bits per heavy atom. The van der Waals surface area contributed by atoms with Crippen molar-refractivity contribution in [2.45, 2.75) is 6.42 Å². The molecule has 0 aliphatic carbocycles. The largest absolute Gasteiger partial charge is 0.339 e. The van der Waals surface area contributed by atoms with E-state index in [1.54, 1.807) is 11.9 Å². The third-order valence-electron chi connectivity index (χ3n) is 4.81. The smallest absolute Gasteiger partial charge is 0.327 e. The van der Waals surface area contributed by atoms with Crippen molar-refractivity contribution >= 4 is 17.8 Å². The number of amides is 4. The number of carbonyl (C=O) groups excluding carboxylic acids is 3. The van der Waals surface area contributed by atoms with Crippen LogP contribution < -0.4 is 0 Å². The van der Waals surface area contributed by atoms with Gasteiger partial charge in [0.1, 0.15) is 13.1 Å². The van der Waals surface area contributed by atoms with Crippen LogP contribution in [0, 0.1) is 0 Å². The number of piperazine rings is 1. The van der Waals surface area contributed by atoms with Crippen molar-refractivity contribution in [2.24, 2.45) is 0 Å². The molecule has 1 aromatic rings. The standard InChI is InChI=1S/C18H24N4O3/c1-19-13-17(24)22(18(19)25)14-16(23)21-11-9-20(10-12-21)8-7-15-5-3-2-4-6-15/h2-6H,7-14H2,1H3. The average Bonchev–Trinajstić information content (AvgIpc) is 2.87. The zero-order valence-corrected chi connectivity index (χ0v) is 14.6. The van der Waals surface area contributed by atoms with Crippen molar-refractivity contribution in [1.82, 2.24) is 19.6 Å². The number of urea groups is 1. The molecular formula is C18H24N4O3. The Bertz CT molecular complexity index is 641. The monoisotopic (exact) mass is 344 g/mol. The number of imide groups is 1. The summed E-state index contributed by atoms with van der Waals surface area (Å²) < 4.78 is 0. The molecule has 2 aliphatic heterocycles. The second kappa shape index (κ2) is 7.65. The molecule has 0 bridgehead atoms. The normalized spacial score (nSPS) is 19.0. The molecule has 2 heterocycles. The minimum atomic E-state index is -0.389. The van der Waals surface area contributed by atoms with E-state index < -0.39 is 0 Å². The molecule has 1 aromatic carbocycles. The third kappa shape index (κ3) is 4.17. The van der Waals surface area contributed by atoms with Crippen molar-refractivity contribution in [3.05, 3.63) is 35.9 Å². The van der Waals surface area contributed by atoms with Gasteiger partial charge in [0.25, 0.3) is 5.91 Å². The van der Waals surface area contributed by atoms with E-state index in [1.165, 1.54) is 10.5 Å². The highest BCUT2D eigenvalue weighted by atomic mass is 16.2. The first-order chi connectivity index (χ1) is 12.0. The summed E-state index contributed by atoms with van der Waals surface area (Å²) in [7, 11) is 1.57. The van der Waals surface area contributed by atoms with E-state index in [2.05, 4.69) is 17.0 Å². The first-order valence-electron chi connectivity index (χ1n) is 8.64. The molecule has 0 radical (unpaired) electrons. The maximum Gasteiger partial charge on any atom is 0.327 e. The summed E-state index contributed by atoms with van der Waals surface area (Å²) in [5.74, 6) is -0.456. The second-order valence-corrected chi connectivity index (χ2v) is 6.58. The lowest BCUT2D eigenvalue weighted by Crippen LogP contribution is -2.52. The molecule has 0 unspecified atom stereocenters. The Kier molecular flexibility index (Phi) is 5.33. The topological polar surface area (TPSA) is 64.2 Å². The fourth-order valence-corrected chi connectivity index (χ4v) is 3.21. The Labute approximate surface area is 147 Å². The van der Waals surface area contributed by atoms with Gasteiger partial charge in [-0.3, -0.25) is 19.4 Å². The fraction of sp³-hybridized carbons (Fsp3) is 0.500. The summed E-state index contributed by atoms with van der Waals surface area (Å²) in [6.07, 6.45) is 0.998. The number of rotatable bonds is 5. The molecule has 0 atom stereocenters. The first kappa shape index (κ1) is 17.4. The summed E-state index contributed by atoms with van der Waals surface area (Å²) in [6, 6.07) is 9.97. The van der Waals surface area contributed by atoms with E-state index in [0.29, 0.717) is 13.1 Å². The number of carbonyl (C=O) groups is 3. The van der Waals surface area contributed by atoms with Gasteiger partial charge in [0, 0.05) is 39.8 Å². The Morgan fingerprint density at radius 3 is 2.32 bits per heavy atom. The average molecular weight is 344 g/mol. The van der Waals surface area contributed by atoms with Crippen molar-refractivity contribution in [2.75, 3.05) is 52.9 Å². The van der Waals surface area contributed by atoms with Gasteiger partial charge < -0.3 is 9.80 Å². The number of benzene rings is 1. The first-order valence-corrected chi connectivity index (χ1v) is 8.64. The highest BCUT2D eigenvalue weighted by molar-refractivity contribution is 6.04. The molecule has 2 saturated heterocycles. The number of hydrogen-bond donors (Lipinski definition) is 0. The number of likely N-dealkylation sites (N-methyl/N-ethyl adjacent to an activating group) is 1. The third-order valence-corrected chi connectivity index (χ3v) is 4.81. The maximum absolute atomic E-state index is 12.4. The van der Waals surface area contributed by atoms with E-state index in [0.717, 1.165) is 31.0 Å². The second-order valence-electron chi connectivity index (χ2n) is 6.58. The lowest BCUT2D eigenvalue weighted by atomic mass is 10.1. The Hall–Kier alpha value is -2.41. The molecule has 7 heteroatoms. The van der Waals surface area contributed by atoms with Crippen molar-refractivity contribution in [3.8, 4) is 0 Å². The fourth-order valence-electron chi connectivity index (χ4n) is 3.21. The van der Waals surface area contributed by atoms with Gasteiger partial charge in [-0.1, -0.05) is 30.3 Å².